The Morgan fingerprint density at radius 3 is 2.43 bits per heavy atom. The molecular weight excluding hydrogens is 270 g/mol. The van der Waals surface area contributed by atoms with Gasteiger partial charge in [0, 0.05) is 18.8 Å². The van der Waals surface area contributed by atoms with E-state index in [1.807, 2.05) is 0 Å². The van der Waals surface area contributed by atoms with Gasteiger partial charge in [-0.15, -0.1) is 0 Å². The lowest BCUT2D eigenvalue weighted by Gasteiger charge is -2.28. The number of amides is 3. The van der Waals surface area contributed by atoms with Crippen LogP contribution in [0.15, 0.2) is 18.2 Å². The summed E-state index contributed by atoms with van der Waals surface area (Å²) in [6, 6.07) is 4.61. The summed E-state index contributed by atoms with van der Waals surface area (Å²) in [7, 11) is 0. The van der Waals surface area contributed by atoms with Crippen molar-refractivity contribution in [3.05, 3.63) is 29.3 Å². The van der Waals surface area contributed by atoms with Crippen molar-refractivity contribution in [2.24, 2.45) is 0 Å². The number of nitrogens with two attached hydrogens (primary N) is 1. The molecule has 6 nitrogen and oxygen atoms in total. The van der Waals surface area contributed by atoms with Crippen LogP contribution in [0.5, 0.6) is 0 Å². The van der Waals surface area contributed by atoms with Gasteiger partial charge in [0.2, 0.25) is 5.91 Å². The fourth-order valence-electron chi connectivity index (χ4n) is 2.83. The predicted molar refractivity (Wildman–Crippen MR) is 76.7 cm³/mol. The number of imide groups is 1. The Labute approximate surface area is 122 Å². The van der Waals surface area contributed by atoms with Gasteiger partial charge in [-0.05, 0) is 37.5 Å². The van der Waals surface area contributed by atoms with Gasteiger partial charge in [0.05, 0.1) is 11.1 Å². The SMILES string of the molecule is Nc1ccc2c(c1)C(=O)N(CC(=O)N1CCCCC1)C2=O. The lowest BCUT2D eigenvalue weighted by molar-refractivity contribution is -0.132. The van der Waals surface area contributed by atoms with Crippen molar-refractivity contribution in [2.75, 3.05) is 25.4 Å². The van der Waals surface area contributed by atoms with Crippen LogP contribution in [0.2, 0.25) is 0 Å². The van der Waals surface area contributed by atoms with Gasteiger partial charge in [-0.3, -0.25) is 19.3 Å². The molecule has 1 aromatic rings. The summed E-state index contributed by atoms with van der Waals surface area (Å²) in [5, 5.41) is 0. The maximum absolute atomic E-state index is 12.3. The zero-order chi connectivity index (χ0) is 15.0. The van der Waals surface area contributed by atoms with E-state index in [1.54, 1.807) is 11.0 Å². The van der Waals surface area contributed by atoms with Crippen LogP contribution in [-0.2, 0) is 4.79 Å². The van der Waals surface area contributed by atoms with Gasteiger partial charge in [-0.2, -0.15) is 0 Å². The number of carbonyl (C=O) groups is 3. The average molecular weight is 287 g/mol. The molecule has 3 amide bonds. The van der Waals surface area contributed by atoms with Crippen LogP contribution in [0, 0.1) is 0 Å². The fraction of sp³-hybridized carbons (Fsp3) is 0.400. The number of hydrogen-bond acceptors (Lipinski definition) is 4. The molecule has 0 unspecified atom stereocenters. The smallest absolute Gasteiger partial charge is 0.262 e. The fourth-order valence-corrected chi connectivity index (χ4v) is 2.83. The molecule has 1 aromatic carbocycles. The van der Waals surface area contributed by atoms with E-state index in [0.29, 0.717) is 24.3 Å². The molecule has 6 heteroatoms. The highest BCUT2D eigenvalue weighted by molar-refractivity contribution is 6.22. The molecule has 21 heavy (non-hydrogen) atoms. The third kappa shape index (κ3) is 2.37. The third-order valence-electron chi connectivity index (χ3n) is 4.00. The summed E-state index contributed by atoms with van der Waals surface area (Å²) in [4.78, 5) is 39.4. The Bertz CT molecular complexity index is 621. The highest BCUT2D eigenvalue weighted by Crippen LogP contribution is 2.25. The van der Waals surface area contributed by atoms with Crippen LogP contribution in [0.3, 0.4) is 0 Å². The number of nitrogens with zero attached hydrogens (tertiary/aromatic N) is 2. The quantitative estimate of drug-likeness (QED) is 0.646. The number of hydrogen-bond donors (Lipinski definition) is 1. The minimum Gasteiger partial charge on any atom is -0.399 e. The van der Waals surface area contributed by atoms with Gasteiger partial charge in [-0.25, -0.2) is 0 Å². The summed E-state index contributed by atoms with van der Waals surface area (Å²) < 4.78 is 0. The number of fused-ring (bicyclic) bond motifs is 1. The molecule has 0 saturated carbocycles. The summed E-state index contributed by atoms with van der Waals surface area (Å²) >= 11 is 0. The van der Waals surface area contributed by atoms with E-state index in [2.05, 4.69) is 0 Å². The van der Waals surface area contributed by atoms with Crippen LogP contribution in [0.1, 0.15) is 40.0 Å². The summed E-state index contributed by atoms with van der Waals surface area (Å²) in [6.45, 7) is 1.22. The van der Waals surface area contributed by atoms with Crippen molar-refractivity contribution in [3.63, 3.8) is 0 Å². The van der Waals surface area contributed by atoms with E-state index in [1.165, 1.54) is 12.1 Å². The molecule has 0 atom stereocenters. The van der Waals surface area contributed by atoms with Gasteiger partial charge < -0.3 is 10.6 Å². The molecule has 2 N–H and O–H groups in total. The minimum atomic E-state index is -0.437. The molecule has 2 aliphatic rings. The minimum absolute atomic E-state index is 0.169. The summed E-state index contributed by atoms with van der Waals surface area (Å²) in [6.07, 6.45) is 3.07. The maximum atomic E-state index is 12.3. The van der Waals surface area contributed by atoms with Crippen molar-refractivity contribution >= 4 is 23.4 Å². The van der Waals surface area contributed by atoms with Crippen LogP contribution < -0.4 is 5.73 Å². The van der Waals surface area contributed by atoms with Crippen molar-refractivity contribution in [1.29, 1.82) is 0 Å². The van der Waals surface area contributed by atoms with Crippen LogP contribution in [-0.4, -0.2) is 47.2 Å². The molecule has 110 valence electrons. The topological polar surface area (TPSA) is 83.7 Å². The molecule has 2 heterocycles. The monoisotopic (exact) mass is 287 g/mol. The van der Waals surface area contributed by atoms with Crippen molar-refractivity contribution in [3.8, 4) is 0 Å². The zero-order valence-electron chi connectivity index (χ0n) is 11.7. The second-order valence-corrected chi connectivity index (χ2v) is 5.44. The van der Waals surface area contributed by atoms with Crippen LogP contribution >= 0.6 is 0 Å². The second kappa shape index (κ2) is 5.20. The van der Waals surface area contributed by atoms with Gasteiger partial charge in [-0.1, -0.05) is 0 Å². The number of anilines is 1. The van der Waals surface area contributed by atoms with E-state index in [9.17, 15) is 14.4 Å². The predicted octanol–water partition coefficient (Wildman–Crippen LogP) is 0.877. The first-order valence-corrected chi connectivity index (χ1v) is 7.11. The zero-order valence-corrected chi connectivity index (χ0v) is 11.7. The Hall–Kier alpha value is -2.37. The maximum Gasteiger partial charge on any atom is 0.262 e. The molecule has 3 rings (SSSR count). The number of rotatable bonds is 2. The molecule has 2 aliphatic heterocycles. The van der Waals surface area contributed by atoms with Crippen molar-refractivity contribution < 1.29 is 14.4 Å². The van der Waals surface area contributed by atoms with Crippen LogP contribution in [0.25, 0.3) is 0 Å². The van der Waals surface area contributed by atoms with Crippen LogP contribution in [0.4, 0.5) is 5.69 Å². The Morgan fingerprint density at radius 2 is 1.71 bits per heavy atom. The van der Waals surface area contributed by atoms with E-state index in [-0.39, 0.29) is 18.0 Å². The standard InChI is InChI=1S/C15H17N3O3/c16-10-4-5-11-12(8-10)15(21)18(14(11)20)9-13(19)17-6-2-1-3-7-17/h4-5,8H,1-3,6-7,9,16H2. The first-order valence-electron chi connectivity index (χ1n) is 7.11. The number of benzene rings is 1. The van der Waals surface area contributed by atoms with Crippen molar-refractivity contribution in [1.82, 2.24) is 9.80 Å². The lowest BCUT2D eigenvalue weighted by atomic mass is 10.1. The molecule has 0 spiro atoms. The highest BCUT2D eigenvalue weighted by atomic mass is 16.2. The molecular formula is C15H17N3O3. The highest BCUT2D eigenvalue weighted by Gasteiger charge is 2.37. The van der Waals surface area contributed by atoms with Crippen molar-refractivity contribution in [2.45, 2.75) is 19.3 Å². The Balaban J connectivity index is 1.77. The molecule has 0 aliphatic carbocycles. The molecule has 0 radical (unpaired) electrons. The Morgan fingerprint density at radius 1 is 1.05 bits per heavy atom. The first-order chi connectivity index (χ1) is 10.1. The van der Waals surface area contributed by atoms with Gasteiger partial charge in [0.1, 0.15) is 6.54 Å². The summed E-state index contributed by atoms with van der Waals surface area (Å²) in [5.41, 5.74) is 6.68. The normalized spacial score (nSPS) is 18.1. The first kappa shape index (κ1) is 13.6. The number of likely N-dealkylation sites (tertiary alicyclic amines) is 1. The number of nitrogen functional groups attached to an aromatic ring is 1. The molecule has 1 saturated heterocycles. The number of piperidine rings is 1. The average Bonchev–Trinajstić information content (AvgIpc) is 2.73. The third-order valence-corrected chi connectivity index (χ3v) is 4.00. The summed E-state index contributed by atoms with van der Waals surface area (Å²) in [5.74, 6) is -1.02. The van der Waals surface area contributed by atoms with Gasteiger partial charge >= 0.3 is 0 Å². The van der Waals surface area contributed by atoms with E-state index in [0.717, 1.165) is 24.2 Å². The largest absolute Gasteiger partial charge is 0.399 e. The van der Waals surface area contributed by atoms with Gasteiger partial charge in [0.15, 0.2) is 0 Å². The van der Waals surface area contributed by atoms with E-state index < -0.39 is 11.8 Å². The molecule has 0 aromatic heterocycles. The number of carbonyl (C=O) groups excluding carboxylic acids is 3. The van der Waals surface area contributed by atoms with E-state index in [4.69, 9.17) is 5.73 Å². The molecule has 0 bridgehead atoms. The second-order valence-electron chi connectivity index (χ2n) is 5.44. The Kier molecular flexibility index (Phi) is 3.37. The van der Waals surface area contributed by atoms with E-state index >= 15 is 0 Å². The molecule has 1 fully saturated rings. The van der Waals surface area contributed by atoms with Gasteiger partial charge in [0.25, 0.3) is 11.8 Å². The lowest BCUT2D eigenvalue weighted by Crippen LogP contribution is -2.44.